The molecule has 2 aromatic carbocycles. The van der Waals surface area contributed by atoms with E-state index in [0.29, 0.717) is 15.9 Å². The average molecular weight is 419 g/mol. The van der Waals surface area contributed by atoms with Crippen LogP contribution < -0.4 is 5.73 Å². The van der Waals surface area contributed by atoms with Gasteiger partial charge in [0.2, 0.25) is 0 Å². The van der Waals surface area contributed by atoms with Crippen LogP contribution in [-0.2, 0) is 12.1 Å². The number of rotatable bonds is 5. The molecular formula is C19H17ClF2N6O. The van der Waals surface area contributed by atoms with E-state index in [1.54, 1.807) is 25.1 Å². The van der Waals surface area contributed by atoms with E-state index in [1.807, 2.05) is 0 Å². The number of anilines is 1. The number of halogens is 3. The normalized spacial score (nSPS) is 14.8. The van der Waals surface area contributed by atoms with Gasteiger partial charge in [-0.25, -0.2) is 18.4 Å². The number of aromatic nitrogens is 5. The Kier molecular flexibility index (Phi) is 4.71. The molecule has 4 rings (SSSR count). The number of aliphatic hydroxyl groups is 1. The molecule has 0 saturated heterocycles. The van der Waals surface area contributed by atoms with Crippen molar-refractivity contribution in [1.82, 2.24) is 24.5 Å². The fourth-order valence-electron chi connectivity index (χ4n) is 3.48. The van der Waals surface area contributed by atoms with Gasteiger partial charge in [-0.05, 0) is 31.2 Å². The van der Waals surface area contributed by atoms with Gasteiger partial charge in [0.1, 0.15) is 29.9 Å². The summed E-state index contributed by atoms with van der Waals surface area (Å²) in [6, 6.07) is 7.27. The summed E-state index contributed by atoms with van der Waals surface area (Å²) >= 11 is 6.05. The van der Waals surface area contributed by atoms with Gasteiger partial charge in [-0.15, -0.1) is 0 Å². The Morgan fingerprint density at radius 3 is 2.72 bits per heavy atom. The third kappa shape index (κ3) is 3.32. The summed E-state index contributed by atoms with van der Waals surface area (Å²) < 4.78 is 31.1. The molecule has 0 amide bonds. The summed E-state index contributed by atoms with van der Waals surface area (Å²) in [4.78, 5) is 3.86. The van der Waals surface area contributed by atoms with Crippen molar-refractivity contribution in [2.75, 3.05) is 5.73 Å². The highest BCUT2D eigenvalue weighted by Gasteiger charge is 2.41. The molecule has 0 spiro atoms. The lowest BCUT2D eigenvalue weighted by molar-refractivity contribution is -0.0353. The predicted molar refractivity (Wildman–Crippen MR) is 104 cm³/mol. The lowest BCUT2D eigenvalue weighted by Crippen LogP contribution is -2.41. The van der Waals surface area contributed by atoms with Crippen molar-refractivity contribution in [2.24, 2.45) is 0 Å². The van der Waals surface area contributed by atoms with Gasteiger partial charge in [0.25, 0.3) is 0 Å². The quantitative estimate of drug-likeness (QED) is 0.518. The summed E-state index contributed by atoms with van der Waals surface area (Å²) in [6.07, 6.45) is 2.70. The number of nitrogens with two attached hydrogens (primary N) is 1. The Balaban J connectivity index is 1.89. The molecule has 0 saturated carbocycles. The first-order valence-corrected chi connectivity index (χ1v) is 9.11. The molecule has 2 aromatic heterocycles. The standard InChI is InChI=1S/C19H17ClF2N6O/c1-11(28-17-5-2-12(20)6-14(17)18(23)26-28)19(29,8-27-10-24-9-25-27)15-4-3-13(21)7-16(15)22/h2-7,9-11,29H,8H2,1H3,(H2,23,26)/t11-,19-/m1/s1. The van der Waals surface area contributed by atoms with Gasteiger partial charge in [0.15, 0.2) is 5.82 Å². The fraction of sp³-hybridized carbons (Fsp3) is 0.211. The highest BCUT2D eigenvalue weighted by Crippen LogP contribution is 2.39. The van der Waals surface area contributed by atoms with Crippen molar-refractivity contribution in [1.29, 1.82) is 0 Å². The van der Waals surface area contributed by atoms with Crippen LogP contribution >= 0.6 is 11.6 Å². The van der Waals surface area contributed by atoms with Crippen LogP contribution in [0.2, 0.25) is 5.02 Å². The van der Waals surface area contributed by atoms with Crippen molar-refractivity contribution < 1.29 is 13.9 Å². The molecule has 4 aromatic rings. The van der Waals surface area contributed by atoms with E-state index < -0.39 is 23.3 Å². The zero-order valence-electron chi connectivity index (χ0n) is 15.3. The Morgan fingerprint density at radius 1 is 1.24 bits per heavy atom. The number of nitrogens with zero attached hydrogens (tertiary/aromatic N) is 5. The molecule has 29 heavy (non-hydrogen) atoms. The Hall–Kier alpha value is -3.04. The molecule has 150 valence electrons. The van der Waals surface area contributed by atoms with Crippen LogP contribution in [0.5, 0.6) is 0 Å². The van der Waals surface area contributed by atoms with Gasteiger partial charge in [0, 0.05) is 22.0 Å². The molecule has 0 bridgehead atoms. The molecule has 2 atom stereocenters. The average Bonchev–Trinajstić information content (AvgIpc) is 3.29. The van der Waals surface area contributed by atoms with Gasteiger partial charge >= 0.3 is 0 Å². The van der Waals surface area contributed by atoms with Crippen LogP contribution in [0.15, 0.2) is 49.1 Å². The van der Waals surface area contributed by atoms with E-state index in [2.05, 4.69) is 15.2 Å². The van der Waals surface area contributed by atoms with Crippen molar-refractivity contribution in [3.8, 4) is 0 Å². The Morgan fingerprint density at radius 2 is 2.03 bits per heavy atom. The molecular weight excluding hydrogens is 402 g/mol. The molecule has 0 radical (unpaired) electrons. The zero-order valence-corrected chi connectivity index (χ0v) is 16.1. The highest BCUT2D eigenvalue weighted by atomic mass is 35.5. The molecule has 0 unspecified atom stereocenters. The van der Waals surface area contributed by atoms with Gasteiger partial charge < -0.3 is 10.8 Å². The second-order valence-corrected chi connectivity index (χ2v) is 7.25. The van der Waals surface area contributed by atoms with E-state index in [1.165, 1.54) is 28.1 Å². The molecule has 0 aliphatic carbocycles. The minimum atomic E-state index is -1.85. The second-order valence-electron chi connectivity index (χ2n) is 6.81. The third-order valence-corrected chi connectivity index (χ3v) is 5.26. The van der Waals surface area contributed by atoms with E-state index >= 15 is 0 Å². The van der Waals surface area contributed by atoms with Crippen LogP contribution in [0.3, 0.4) is 0 Å². The van der Waals surface area contributed by atoms with Crippen LogP contribution in [0.4, 0.5) is 14.6 Å². The third-order valence-electron chi connectivity index (χ3n) is 5.02. The van der Waals surface area contributed by atoms with Gasteiger partial charge in [-0.2, -0.15) is 10.2 Å². The van der Waals surface area contributed by atoms with E-state index in [-0.39, 0.29) is 17.9 Å². The Labute approximate surface area is 169 Å². The summed E-state index contributed by atoms with van der Waals surface area (Å²) in [5.74, 6) is -1.41. The largest absolute Gasteiger partial charge is 0.382 e. The molecule has 7 nitrogen and oxygen atoms in total. The molecule has 0 aliphatic rings. The van der Waals surface area contributed by atoms with Crippen LogP contribution in [0.25, 0.3) is 10.9 Å². The SMILES string of the molecule is C[C@@H](n1nc(N)c2cc(Cl)ccc21)[C@](O)(Cn1cncn1)c1ccc(F)cc1F. The zero-order chi connectivity index (χ0) is 20.8. The first kappa shape index (κ1) is 19.3. The second kappa shape index (κ2) is 7.09. The maximum Gasteiger partial charge on any atom is 0.153 e. The number of benzene rings is 2. The predicted octanol–water partition coefficient (Wildman–Crippen LogP) is 3.29. The van der Waals surface area contributed by atoms with Crippen molar-refractivity contribution in [2.45, 2.75) is 25.1 Å². The minimum Gasteiger partial charge on any atom is -0.382 e. The number of hydrogen-bond acceptors (Lipinski definition) is 5. The van der Waals surface area contributed by atoms with E-state index in [9.17, 15) is 13.9 Å². The number of fused-ring (bicyclic) bond motifs is 1. The highest BCUT2D eigenvalue weighted by molar-refractivity contribution is 6.31. The van der Waals surface area contributed by atoms with Gasteiger partial charge in [-0.3, -0.25) is 4.68 Å². The van der Waals surface area contributed by atoms with E-state index in [0.717, 1.165) is 12.1 Å². The molecule has 10 heteroatoms. The van der Waals surface area contributed by atoms with Crippen molar-refractivity contribution in [3.63, 3.8) is 0 Å². The first-order valence-electron chi connectivity index (χ1n) is 8.73. The van der Waals surface area contributed by atoms with E-state index in [4.69, 9.17) is 17.3 Å². The van der Waals surface area contributed by atoms with Gasteiger partial charge in [0.05, 0.1) is 18.1 Å². The summed E-state index contributed by atoms with van der Waals surface area (Å²) in [7, 11) is 0. The maximum atomic E-state index is 14.7. The van der Waals surface area contributed by atoms with Gasteiger partial charge in [-0.1, -0.05) is 17.7 Å². The molecule has 0 fully saturated rings. The summed E-state index contributed by atoms with van der Waals surface area (Å²) in [5.41, 5.74) is 4.69. The van der Waals surface area contributed by atoms with Crippen molar-refractivity contribution in [3.05, 3.63) is 71.3 Å². The monoisotopic (exact) mass is 418 g/mol. The smallest absolute Gasteiger partial charge is 0.153 e. The lowest BCUT2D eigenvalue weighted by Gasteiger charge is -2.35. The van der Waals surface area contributed by atoms with Crippen LogP contribution in [-0.4, -0.2) is 29.7 Å². The molecule has 2 heterocycles. The fourth-order valence-corrected chi connectivity index (χ4v) is 3.65. The Bertz CT molecular complexity index is 1180. The molecule has 3 N–H and O–H groups in total. The summed E-state index contributed by atoms with van der Waals surface area (Å²) in [5, 5.41) is 21.1. The lowest BCUT2D eigenvalue weighted by atomic mass is 9.86. The number of hydrogen-bond donors (Lipinski definition) is 2. The number of nitrogen functional groups attached to an aromatic ring is 1. The van der Waals surface area contributed by atoms with Crippen LogP contribution in [0.1, 0.15) is 18.5 Å². The minimum absolute atomic E-state index is 0.0990. The topological polar surface area (TPSA) is 94.8 Å². The van der Waals surface area contributed by atoms with Crippen molar-refractivity contribution >= 4 is 28.3 Å². The molecule has 0 aliphatic heterocycles. The van der Waals surface area contributed by atoms with Crippen LogP contribution in [0, 0.1) is 11.6 Å². The summed E-state index contributed by atoms with van der Waals surface area (Å²) in [6.45, 7) is 1.52. The maximum absolute atomic E-state index is 14.7. The first-order chi connectivity index (χ1) is 13.8.